The zero-order valence-electron chi connectivity index (χ0n) is 10.1. The van der Waals surface area contributed by atoms with Crippen LogP contribution in [0.15, 0.2) is 36.5 Å². The third-order valence-corrected chi connectivity index (χ3v) is 4.47. The SMILES string of the molecule is OCc1cnc(N2CCC(c3ccccc3)C2)s1. The summed E-state index contributed by atoms with van der Waals surface area (Å²) in [6, 6.07) is 10.7. The van der Waals surface area contributed by atoms with Crippen LogP contribution in [0, 0.1) is 0 Å². The first-order valence-electron chi connectivity index (χ1n) is 6.22. The maximum Gasteiger partial charge on any atom is 0.185 e. The molecular formula is C14H16N2OS. The molecule has 1 saturated heterocycles. The Kier molecular flexibility index (Phi) is 3.30. The predicted molar refractivity (Wildman–Crippen MR) is 74.0 cm³/mol. The minimum absolute atomic E-state index is 0.0909. The highest BCUT2D eigenvalue weighted by atomic mass is 32.1. The monoisotopic (exact) mass is 260 g/mol. The van der Waals surface area contributed by atoms with Crippen LogP contribution in [0.5, 0.6) is 0 Å². The maximum absolute atomic E-state index is 9.08. The van der Waals surface area contributed by atoms with Crippen molar-refractivity contribution >= 4 is 16.5 Å². The van der Waals surface area contributed by atoms with Crippen LogP contribution in [-0.2, 0) is 6.61 Å². The Balaban J connectivity index is 1.72. The molecule has 1 aromatic heterocycles. The standard InChI is InChI=1S/C14H16N2OS/c17-10-13-8-15-14(18-13)16-7-6-12(9-16)11-4-2-1-3-5-11/h1-5,8,12,17H,6-7,9-10H2. The van der Waals surface area contributed by atoms with Gasteiger partial charge in [0.05, 0.1) is 11.5 Å². The van der Waals surface area contributed by atoms with Crippen LogP contribution in [0.3, 0.4) is 0 Å². The average Bonchev–Trinajstić information content (AvgIpc) is 3.08. The molecule has 0 spiro atoms. The molecule has 3 rings (SSSR count). The molecule has 1 N–H and O–H groups in total. The first kappa shape index (κ1) is 11.7. The number of benzene rings is 1. The second kappa shape index (κ2) is 5.08. The second-order valence-electron chi connectivity index (χ2n) is 4.61. The summed E-state index contributed by atoms with van der Waals surface area (Å²) >= 11 is 1.59. The van der Waals surface area contributed by atoms with Crippen molar-refractivity contribution in [1.29, 1.82) is 0 Å². The molecule has 1 atom stereocenters. The molecule has 1 aliphatic heterocycles. The third kappa shape index (κ3) is 2.26. The van der Waals surface area contributed by atoms with Crippen molar-refractivity contribution < 1.29 is 5.11 Å². The smallest absolute Gasteiger partial charge is 0.185 e. The van der Waals surface area contributed by atoms with E-state index in [-0.39, 0.29) is 6.61 Å². The quantitative estimate of drug-likeness (QED) is 0.921. The van der Waals surface area contributed by atoms with Gasteiger partial charge in [-0.1, -0.05) is 41.7 Å². The van der Waals surface area contributed by atoms with Gasteiger partial charge in [0.25, 0.3) is 0 Å². The fourth-order valence-corrected chi connectivity index (χ4v) is 3.25. The largest absolute Gasteiger partial charge is 0.391 e. The lowest BCUT2D eigenvalue weighted by atomic mass is 9.99. The van der Waals surface area contributed by atoms with Crippen LogP contribution >= 0.6 is 11.3 Å². The molecule has 0 radical (unpaired) electrons. The lowest BCUT2D eigenvalue weighted by Gasteiger charge is -2.15. The highest BCUT2D eigenvalue weighted by Crippen LogP contribution is 2.32. The highest BCUT2D eigenvalue weighted by molar-refractivity contribution is 7.15. The van der Waals surface area contributed by atoms with Crippen LogP contribution in [0.4, 0.5) is 5.13 Å². The van der Waals surface area contributed by atoms with Gasteiger partial charge < -0.3 is 10.0 Å². The summed E-state index contributed by atoms with van der Waals surface area (Å²) in [5.41, 5.74) is 1.42. The molecule has 0 saturated carbocycles. The molecular weight excluding hydrogens is 244 g/mol. The summed E-state index contributed by atoms with van der Waals surface area (Å²) < 4.78 is 0. The normalized spacial score (nSPS) is 19.4. The number of hydrogen-bond acceptors (Lipinski definition) is 4. The molecule has 0 amide bonds. The van der Waals surface area contributed by atoms with Gasteiger partial charge in [-0.25, -0.2) is 4.98 Å². The van der Waals surface area contributed by atoms with Gasteiger partial charge in [0.15, 0.2) is 5.13 Å². The number of aliphatic hydroxyl groups is 1. The number of aromatic nitrogens is 1. The van der Waals surface area contributed by atoms with Crippen molar-refractivity contribution in [1.82, 2.24) is 4.98 Å². The van der Waals surface area contributed by atoms with E-state index >= 15 is 0 Å². The molecule has 2 heterocycles. The van der Waals surface area contributed by atoms with Crippen LogP contribution < -0.4 is 4.90 Å². The van der Waals surface area contributed by atoms with E-state index in [0.29, 0.717) is 5.92 Å². The van der Waals surface area contributed by atoms with Crippen molar-refractivity contribution in [3.8, 4) is 0 Å². The molecule has 1 aromatic carbocycles. The Morgan fingerprint density at radius 1 is 1.33 bits per heavy atom. The maximum atomic E-state index is 9.08. The number of nitrogens with zero attached hydrogens (tertiary/aromatic N) is 2. The highest BCUT2D eigenvalue weighted by Gasteiger charge is 2.25. The van der Waals surface area contributed by atoms with Crippen molar-refractivity contribution in [2.75, 3.05) is 18.0 Å². The van der Waals surface area contributed by atoms with Gasteiger partial charge in [0.1, 0.15) is 0 Å². The van der Waals surface area contributed by atoms with E-state index in [1.807, 2.05) is 0 Å². The Morgan fingerprint density at radius 3 is 2.89 bits per heavy atom. The summed E-state index contributed by atoms with van der Waals surface area (Å²) in [7, 11) is 0. The Bertz CT molecular complexity index is 512. The molecule has 1 unspecified atom stereocenters. The minimum Gasteiger partial charge on any atom is -0.391 e. The van der Waals surface area contributed by atoms with Gasteiger partial charge >= 0.3 is 0 Å². The predicted octanol–water partition coefficient (Wildman–Crippen LogP) is 2.63. The van der Waals surface area contributed by atoms with E-state index in [0.717, 1.165) is 23.1 Å². The molecule has 0 aliphatic carbocycles. The van der Waals surface area contributed by atoms with Gasteiger partial charge in [-0.05, 0) is 12.0 Å². The fraction of sp³-hybridized carbons (Fsp3) is 0.357. The van der Waals surface area contributed by atoms with Crippen molar-refractivity contribution in [3.63, 3.8) is 0 Å². The molecule has 4 heteroatoms. The first-order valence-corrected chi connectivity index (χ1v) is 7.04. The van der Waals surface area contributed by atoms with Crippen LogP contribution in [0.2, 0.25) is 0 Å². The first-order chi connectivity index (χ1) is 8.86. The van der Waals surface area contributed by atoms with E-state index in [9.17, 15) is 0 Å². The lowest BCUT2D eigenvalue weighted by molar-refractivity contribution is 0.285. The number of thiazole rings is 1. The van der Waals surface area contributed by atoms with Crippen molar-refractivity contribution in [2.24, 2.45) is 0 Å². The average molecular weight is 260 g/mol. The number of anilines is 1. The summed E-state index contributed by atoms with van der Waals surface area (Å²) in [5, 5.41) is 10.1. The van der Waals surface area contributed by atoms with Gasteiger partial charge in [-0.3, -0.25) is 0 Å². The minimum atomic E-state index is 0.0909. The lowest BCUT2D eigenvalue weighted by Crippen LogP contribution is -2.18. The Labute approximate surface area is 111 Å². The number of rotatable bonds is 3. The molecule has 1 fully saturated rings. The third-order valence-electron chi connectivity index (χ3n) is 3.43. The van der Waals surface area contributed by atoms with E-state index in [1.165, 1.54) is 12.0 Å². The summed E-state index contributed by atoms with van der Waals surface area (Å²) in [4.78, 5) is 7.64. The van der Waals surface area contributed by atoms with Gasteiger partial charge in [0, 0.05) is 25.2 Å². The number of aliphatic hydroxyl groups excluding tert-OH is 1. The zero-order chi connectivity index (χ0) is 12.4. The topological polar surface area (TPSA) is 36.4 Å². The summed E-state index contributed by atoms with van der Waals surface area (Å²) in [5.74, 6) is 0.604. The van der Waals surface area contributed by atoms with Crippen molar-refractivity contribution in [3.05, 3.63) is 47.0 Å². The zero-order valence-corrected chi connectivity index (χ0v) is 10.9. The van der Waals surface area contributed by atoms with Crippen LogP contribution in [0.1, 0.15) is 22.8 Å². The summed E-state index contributed by atoms with van der Waals surface area (Å²) in [6.45, 7) is 2.17. The number of hydrogen-bond donors (Lipinski definition) is 1. The Morgan fingerprint density at radius 2 is 2.17 bits per heavy atom. The van der Waals surface area contributed by atoms with Crippen LogP contribution in [-0.4, -0.2) is 23.2 Å². The van der Waals surface area contributed by atoms with Gasteiger partial charge in [-0.2, -0.15) is 0 Å². The van der Waals surface area contributed by atoms with E-state index in [4.69, 9.17) is 5.11 Å². The second-order valence-corrected chi connectivity index (χ2v) is 5.70. The molecule has 18 heavy (non-hydrogen) atoms. The molecule has 2 aromatic rings. The molecule has 94 valence electrons. The van der Waals surface area contributed by atoms with E-state index in [1.54, 1.807) is 17.5 Å². The van der Waals surface area contributed by atoms with E-state index in [2.05, 4.69) is 40.2 Å². The van der Waals surface area contributed by atoms with Crippen LogP contribution in [0.25, 0.3) is 0 Å². The molecule has 3 nitrogen and oxygen atoms in total. The van der Waals surface area contributed by atoms with Crippen molar-refractivity contribution in [2.45, 2.75) is 18.9 Å². The Hall–Kier alpha value is -1.39. The summed E-state index contributed by atoms with van der Waals surface area (Å²) in [6.07, 6.45) is 2.95. The van der Waals surface area contributed by atoms with E-state index < -0.39 is 0 Å². The molecule has 0 bridgehead atoms. The molecule has 1 aliphatic rings. The van der Waals surface area contributed by atoms with Gasteiger partial charge in [0.2, 0.25) is 0 Å². The fourth-order valence-electron chi connectivity index (χ4n) is 2.45. The van der Waals surface area contributed by atoms with Gasteiger partial charge in [-0.15, -0.1) is 0 Å².